The number of hydrogen-bond donors (Lipinski definition) is 1. The fourth-order valence-corrected chi connectivity index (χ4v) is 4.49. The number of fused-ring (bicyclic) bond motifs is 2. The fraction of sp³-hybridized carbons (Fsp3) is 0.538. The molecule has 3 rings (SSSR count). The Morgan fingerprint density at radius 1 is 1.16 bits per heavy atom. The molecule has 6 heteroatoms. The van der Waals surface area contributed by atoms with Gasteiger partial charge in [-0.1, -0.05) is 12.1 Å². The highest BCUT2D eigenvalue weighted by Crippen LogP contribution is 2.26. The van der Waals surface area contributed by atoms with Crippen molar-refractivity contribution in [2.75, 3.05) is 13.1 Å². The Morgan fingerprint density at radius 2 is 1.89 bits per heavy atom. The summed E-state index contributed by atoms with van der Waals surface area (Å²) in [5, 5.41) is 3.42. The van der Waals surface area contributed by atoms with Crippen molar-refractivity contribution in [3.05, 3.63) is 30.1 Å². The molecule has 0 aromatic heterocycles. The third-order valence-electron chi connectivity index (χ3n) is 3.94. The molecule has 0 radical (unpaired) electrons. The monoisotopic (exact) mass is 284 g/mol. The van der Waals surface area contributed by atoms with Gasteiger partial charge in [-0.2, -0.15) is 4.31 Å². The summed E-state index contributed by atoms with van der Waals surface area (Å²) in [7, 11) is -3.72. The first-order valence-electron chi connectivity index (χ1n) is 6.58. The number of hydrogen-bond acceptors (Lipinski definition) is 3. The van der Waals surface area contributed by atoms with E-state index in [1.54, 1.807) is 6.07 Å². The van der Waals surface area contributed by atoms with Gasteiger partial charge in [0, 0.05) is 25.2 Å². The largest absolute Gasteiger partial charge is 0.310 e. The van der Waals surface area contributed by atoms with Crippen LogP contribution in [0.3, 0.4) is 0 Å². The van der Waals surface area contributed by atoms with Crippen molar-refractivity contribution >= 4 is 10.0 Å². The maximum Gasteiger partial charge on any atom is 0.246 e. The normalized spacial score (nSPS) is 28.3. The summed E-state index contributed by atoms with van der Waals surface area (Å²) in [5.41, 5.74) is 0. The maximum atomic E-state index is 13.7. The van der Waals surface area contributed by atoms with Crippen molar-refractivity contribution in [2.24, 2.45) is 0 Å². The third kappa shape index (κ3) is 2.40. The second-order valence-electron chi connectivity index (χ2n) is 5.22. The first kappa shape index (κ1) is 13.0. The topological polar surface area (TPSA) is 49.4 Å². The van der Waals surface area contributed by atoms with Gasteiger partial charge in [-0.15, -0.1) is 0 Å². The molecule has 2 unspecified atom stereocenters. The lowest BCUT2D eigenvalue weighted by Gasteiger charge is -2.23. The average Bonchev–Trinajstić information content (AvgIpc) is 2.68. The van der Waals surface area contributed by atoms with Gasteiger partial charge in [-0.3, -0.25) is 0 Å². The van der Waals surface area contributed by atoms with E-state index in [9.17, 15) is 12.8 Å². The van der Waals surface area contributed by atoms with E-state index < -0.39 is 15.8 Å². The molecule has 4 nitrogen and oxygen atoms in total. The van der Waals surface area contributed by atoms with Crippen LogP contribution in [-0.2, 0) is 10.0 Å². The van der Waals surface area contributed by atoms with Crippen LogP contribution in [0.2, 0.25) is 0 Å². The Balaban J connectivity index is 1.90. The van der Waals surface area contributed by atoms with Gasteiger partial charge < -0.3 is 5.32 Å². The number of sulfonamides is 1. The zero-order valence-corrected chi connectivity index (χ0v) is 11.4. The van der Waals surface area contributed by atoms with Crippen LogP contribution in [0.15, 0.2) is 29.2 Å². The SMILES string of the molecule is O=S(=O)(c1ccccc1F)N1CCC2CCC(C1)N2. The summed E-state index contributed by atoms with van der Waals surface area (Å²) in [6.45, 7) is 0.901. The van der Waals surface area contributed by atoms with E-state index in [0.29, 0.717) is 19.1 Å². The molecule has 2 aliphatic heterocycles. The number of nitrogens with one attached hydrogen (secondary N) is 1. The minimum atomic E-state index is -3.72. The van der Waals surface area contributed by atoms with E-state index in [-0.39, 0.29) is 10.9 Å². The quantitative estimate of drug-likeness (QED) is 0.891. The number of benzene rings is 1. The predicted octanol–water partition coefficient (Wildman–Crippen LogP) is 1.34. The average molecular weight is 284 g/mol. The summed E-state index contributed by atoms with van der Waals surface area (Å²) in [5.74, 6) is -0.676. The molecule has 0 amide bonds. The Bertz CT molecular complexity index is 576. The summed E-state index contributed by atoms with van der Waals surface area (Å²) >= 11 is 0. The molecule has 0 saturated carbocycles. The summed E-state index contributed by atoms with van der Waals surface area (Å²) in [6, 6.07) is 6.19. The lowest BCUT2D eigenvalue weighted by Crippen LogP contribution is -2.39. The van der Waals surface area contributed by atoms with Crippen molar-refractivity contribution in [3.63, 3.8) is 0 Å². The van der Waals surface area contributed by atoms with Crippen LogP contribution in [0.25, 0.3) is 0 Å². The molecule has 2 aliphatic rings. The van der Waals surface area contributed by atoms with Gasteiger partial charge in [-0.25, -0.2) is 12.8 Å². The standard InChI is InChI=1S/C13H17FN2O2S/c14-12-3-1-2-4-13(12)19(17,18)16-8-7-10-5-6-11(9-16)15-10/h1-4,10-11,15H,5-9H2. The second kappa shape index (κ2) is 4.85. The van der Waals surface area contributed by atoms with Gasteiger partial charge in [0.05, 0.1) is 0 Å². The first-order valence-corrected chi connectivity index (χ1v) is 8.02. The van der Waals surface area contributed by atoms with E-state index in [0.717, 1.165) is 19.3 Å². The Kier molecular flexibility index (Phi) is 3.32. The van der Waals surface area contributed by atoms with Crippen LogP contribution in [0, 0.1) is 5.82 Å². The third-order valence-corrected chi connectivity index (χ3v) is 5.84. The molecular weight excluding hydrogens is 267 g/mol. The van der Waals surface area contributed by atoms with Crippen LogP contribution in [0.5, 0.6) is 0 Å². The lowest BCUT2D eigenvalue weighted by atomic mass is 10.1. The van der Waals surface area contributed by atoms with Gasteiger partial charge in [0.25, 0.3) is 0 Å². The Morgan fingerprint density at radius 3 is 2.68 bits per heavy atom. The van der Waals surface area contributed by atoms with Crippen LogP contribution in [-0.4, -0.2) is 37.9 Å². The molecule has 2 saturated heterocycles. The van der Waals surface area contributed by atoms with Gasteiger partial charge >= 0.3 is 0 Å². The molecule has 2 heterocycles. The number of nitrogens with zero attached hydrogens (tertiary/aromatic N) is 1. The van der Waals surface area contributed by atoms with Gasteiger partial charge in [0.1, 0.15) is 10.7 Å². The Hall–Kier alpha value is -0.980. The van der Waals surface area contributed by atoms with Crippen LogP contribution in [0.4, 0.5) is 4.39 Å². The smallest absolute Gasteiger partial charge is 0.246 e. The molecule has 0 aliphatic carbocycles. The lowest BCUT2D eigenvalue weighted by molar-refractivity contribution is 0.381. The maximum absolute atomic E-state index is 13.7. The van der Waals surface area contributed by atoms with Crippen LogP contribution >= 0.6 is 0 Å². The zero-order valence-electron chi connectivity index (χ0n) is 10.5. The molecule has 1 N–H and O–H groups in total. The molecule has 2 fully saturated rings. The summed E-state index contributed by atoms with van der Waals surface area (Å²) in [4.78, 5) is -0.215. The van der Waals surface area contributed by atoms with Crippen molar-refractivity contribution in [2.45, 2.75) is 36.2 Å². The van der Waals surface area contributed by atoms with Crippen molar-refractivity contribution in [1.29, 1.82) is 0 Å². The molecule has 1 aromatic carbocycles. The molecule has 0 spiro atoms. The van der Waals surface area contributed by atoms with E-state index >= 15 is 0 Å². The number of rotatable bonds is 2. The highest BCUT2D eigenvalue weighted by atomic mass is 32.2. The van der Waals surface area contributed by atoms with E-state index in [4.69, 9.17) is 0 Å². The predicted molar refractivity (Wildman–Crippen MR) is 69.7 cm³/mol. The van der Waals surface area contributed by atoms with Crippen molar-refractivity contribution < 1.29 is 12.8 Å². The molecular formula is C13H17FN2O2S. The molecule has 1 aromatic rings. The molecule has 2 atom stereocenters. The highest BCUT2D eigenvalue weighted by molar-refractivity contribution is 7.89. The van der Waals surface area contributed by atoms with Crippen LogP contribution < -0.4 is 5.32 Å². The van der Waals surface area contributed by atoms with E-state index in [1.807, 2.05) is 0 Å². The number of halogens is 1. The Labute approximate surface area is 112 Å². The van der Waals surface area contributed by atoms with Crippen molar-refractivity contribution in [1.82, 2.24) is 9.62 Å². The van der Waals surface area contributed by atoms with Gasteiger partial charge in [-0.05, 0) is 31.4 Å². The zero-order chi connectivity index (χ0) is 13.5. The fourth-order valence-electron chi connectivity index (χ4n) is 2.92. The minimum Gasteiger partial charge on any atom is -0.310 e. The van der Waals surface area contributed by atoms with Crippen molar-refractivity contribution in [3.8, 4) is 0 Å². The van der Waals surface area contributed by atoms with E-state index in [2.05, 4.69) is 5.32 Å². The summed E-state index contributed by atoms with van der Waals surface area (Å²) < 4.78 is 40.1. The molecule has 19 heavy (non-hydrogen) atoms. The van der Waals surface area contributed by atoms with E-state index in [1.165, 1.54) is 22.5 Å². The first-order chi connectivity index (χ1) is 9.07. The highest BCUT2D eigenvalue weighted by Gasteiger charge is 2.35. The van der Waals surface area contributed by atoms with Gasteiger partial charge in [0.15, 0.2) is 0 Å². The molecule has 104 valence electrons. The van der Waals surface area contributed by atoms with Crippen LogP contribution in [0.1, 0.15) is 19.3 Å². The second-order valence-corrected chi connectivity index (χ2v) is 7.13. The van der Waals surface area contributed by atoms with Gasteiger partial charge in [0.2, 0.25) is 10.0 Å². The minimum absolute atomic E-state index is 0.203. The summed E-state index contributed by atoms with van der Waals surface area (Å²) in [6.07, 6.45) is 2.90. The molecule has 2 bridgehead atoms.